The Balaban J connectivity index is 2.48. The van der Waals surface area contributed by atoms with Gasteiger partial charge in [0, 0.05) is 0 Å². The van der Waals surface area contributed by atoms with E-state index in [1.165, 1.54) is 7.11 Å². The SMILES string of the molecule is COC(=O)C(C)NC1CC(=O)NC1=O. The average Bonchev–Trinajstić information content (AvgIpc) is 2.44. The molecule has 2 amide bonds. The number of nitrogens with one attached hydrogen (secondary N) is 2. The van der Waals surface area contributed by atoms with Crippen molar-refractivity contribution >= 4 is 17.8 Å². The highest BCUT2D eigenvalue weighted by atomic mass is 16.5. The van der Waals surface area contributed by atoms with Crippen LogP contribution in [0.5, 0.6) is 0 Å². The zero-order valence-electron chi connectivity index (χ0n) is 7.99. The van der Waals surface area contributed by atoms with Crippen LogP contribution in [0, 0.1) is 0 Å². The van der Waals surface area contributed by atoms with E-state index in [-0.39, 0.29) is 12.3 Å². The van der Waals surface area contributed by atoms with Crippen molar-refractivity contribution < 1.29 is 19.1 Å². The van der Waals surface area contributed by atoms with Crippen molar-refractivity contribution in [2.24, 2.45) is 0 Å². The van der Waals surface area contributed by atoms with E-state index in [0.717, 1.165) is 0 Å². The van der Waals surface area contributed by atoms with Crippen molar-refractivity contribution in [3.8, 4) is 0 Å². The van der Waals surface area contributed by atoms with Crippen LogP contribution < -0.4 is 10.6 Å². The first kappa shape index (κ1) is 10.6. The summed E-state index contributed by atoms with van der Waals surface area (Å²) in [6.45, 7) is 1.57. The summed E-state index contributed by atoms with van der Waals surface area (Å²) >= 11 is 0. The Hall–Kier alpha value is -1.43. The third-order valence-corrected chi connectivity index (χ3v) is 1.97. The van der Waals surface area contributed by atoms with Gasteiger partial charge in [-0.2, -0.15) is 0 Å². The number of carbonyl (C=O) groups is 3. The minimum atomic E-state index is -0.628. The van der Waals surface area contributed by atoms with Crippen LogP contribution in [0.25, 0.3) is 0 Å². The van der Waals surface area contributed by atoms with E-state index in [0.29, 0.717) is 0 Å². The smallest absolute Gasteiger partial charge is 0.322 e. The Morgan fingerprint density at radius 3 is 2.71 bits per heavy atom. The molecule has 1 saturated heterocycles. The van der Waals surface area contributed by atoms with Gasteiger partial charge in [-0.3, -0.25) is 25.0 Å². The van der Waals surface area contributed by atoms with E-state index in [9.17, 15) is 14.4 Å². The van der Waals surface area contributed by atoms with E-state index in [4.69, 9.17) is 0 Å². The van der Waals surface area contributed by atoms with Gasteiger partial charge in [0.2, 0.25) is 11.8 Å². The Bertz CT molecular complexity index is 277. The number of ether oxygens (including phenoxy) is 1. The molecule has 2 unspecified atom stereocenters. The third kappa shape index (κ3) is 2.29. The molecule has 0 aromatic heterocycles. The number of hydrogen-bond acceptors (Lipinski definition) is 5. The molecule has 0 aromatic carbocycles. The topological polar surface area (TPSA) is 84.5 Å². The number of carbonyl (C=O) groups excluding carboxylic acids is 3. The van der Waals surface area contributed by atoms with Crippen molar-refractivity contribution in [1.29, 1.82) is 0 Å². The summed E-state index contributed by atoms with van der Waals surface area (Å²) in [5, 5.41) is 4.84. The van der Waals surface area contributed by atoms with Gasteiger partial charge in [0.15, 0.2) is 0 Å². The van der Waals surface area contributed by atoms with E-state index >= 15 is 0 Å². The molecular weight excluding hydrogens is 188 g/mol. The second-order valence-electron chi connectivity index (χ2n) is 3.08. The van der Waals surface area contributed by atoms with Crippen molar-refractivity contribution in [2.75, 3.05) is 7.11 Å². The van der Waals surface area contributed by atoms with Gasteiger partial charge in [0.25, 0.3) is 0 Å². The highest BCUT2D eigenvalue weighted by molar-refractivity contribution is 6.05. The number of amides is 2. The van der Waals surface area contributed by atoms with Gasteiger partial charge in [-0.1, -0.05) is 0 Å². The molecule has 78 valence electrons. The molecule has 0 bridgehead atoms. The molecule has 2 N–H and O–H groups in total. The normalized spacial score (nSPS) is 23.1. The molecule has 1 aliphatic rings. The van der Waals surface area contributed by atoms with Crippen LogP contribution in [0.3, 0.4) is 0 Å². The quantitative estimate of drug-likeness (QED) is 0.430. The Morgan fingerprint density at radius 2 is 2.29 bits per heavy atom. The Morgan fingerprint density at radius 1 is 1.64 bits per heavy atom. The lowest BCUT2D eigenvalue weighted by Gasteiger charge is -2.14. The Labute approximate surface area is 81.0 Å². The van der Waals surface area contributed by atoms with Gasteiger partial charge < -0.3 is 4.74 Å². The fourth-order valence-corrected chi connectivity index (χ4v) is 1.23. The maximum absolute atomic E-state index is 11.1. The molecule has 0 saturated carbocycles. The lowest BCUT2D eigenvalue weighted by atomic mass is 10.2. The number of methoxy groups -OCH3 is 1. The van der Waals surface area contributed by atoms with Gasteiger partial charge in [0.1, 0.15) is 6.04 Å². The van der Waals surface area contributed by atoms with Crippen LogP contribution >= 0.6 is 0 Å². The molecule has 1 rings (SSSR count). The number of esters is 1. The third-order valence-electron chi connectivity index (χ3n) is 1.97. The number of hydrogen-bond donors (Lipinski definition) is 2. The summed E-state index contributed by atoms with van der Waals surface area (Å²) in [6, 6.07) is -1.22. The first-order chi connectivity index (χ1) is 6.54. The maximum Gasteiger partial charge on any atom is 0.322 e. The van der Waals surface area contributed by atoms with Crippen LogP contribution in [0.4, 0.5) is 0 Å². The molecule has 1 aliphatic heterocycles. The molecule has 1 fully saturated rings. The molecule has 0 aliphatic carbocycles. The summed E-state index contributed by atoms with van der Waals surface area (Å²) in [7, 11) is 1.26. The first-order valence-electron chi connectivity index (χ1n) is 4.22. The lowest BCUT2D eigenvalue weighted by Crippen LogP contribution is -2.45. The zero-order valence-corrected chi connectivity index (χ0v) is 7.99. The summed E-state index contributed by atoms with van der Waals surface area (Å²) in [5.74, 6) is -1.19. The van der Waals surface area contributed by atoms with E-state index in [1.54, 1.807) is 6.92 Å². The fourth-order valence-electron chi connectivity index (χ4n) is 1.23. The summed E-state index contributed by atoms with van der Waals surface area (Å²) in [4.78, 5) is 32.9. The summed E-state index contributed by atoms with van der Waals surface area (Å²) < 4.78 is 4.47. The predicted molar refractivity (Wildman–Crippen MR) is 46.2 cm³/mol. The van der Waals surface area contributed by atoms with Gasteiger partial charge in [-0.15, -0.1) is 0 Å². The second-order valence-corrected chi connectivity index (χ2v) is 3.08. The van der Waals surface area contributed by atoms with Crippen LogP contribution in [0.2, 0.25) is 0 Å². The molecular formula is C8H12N2O4. The molecule has 6 heteroatoms. The summed E-state index contributed by atoms with van der Waals surface area (Å²) in [6.07, 6.45) is 0.0696. The van der Waals surface area contributed by atoms with E-state index < -0.39 is 24.0 Å². The van der Waals surface area contributed by atoms with Crippen molar-refractivity contribution in [3.05, 3.63) is 0 Å². The molecule has 6 nitrogen and oxygen atoms in total. The van der Waals surface area contributed by atoms with Crippen molar-refractivity contribution in [1.82, 2.24) is 10.6 Å². The van der Waals surface area contributed by atoms with Crippen molar-refractivity contribution in [3.63, 3.8) is 0 Å². The maximum atomic E-state index is 11.1. The molecule has 0 spiro atoms. The van der Waals surface area contributed by atoms with E-state index in [2.05, 4.69) is 15.4 Å². The minimum Gasteiger partial charge on any atom is -0.468 e. The highest BCUT2D eigenvalue weighted by Crippen LogP contribution is 2.02. The average molecular weight is 200 g/mol. The van der Waals surface area contributed by atoms with Crippen LogP contribution in [-0.2, 0) is 19.1 Å². The van der Waals surface area contributed by atoms with Gasteiger partial charge in [-0.05, 0) is 6.92 Å². The lowest BCUT2D eigenvalue weighted by molar-refractivity contribution is -0.143. The monoisotopic (exact) mass is 200 g/mol. The Kier molecular flexibility index (Phi) is 3.19. The molecule has 2 atom stereocenters. The zero-order chi connectivity index (χ0) is 10.7. The molecule has 0 radical (unpaired) electrons. The van der Waals surface area contributed by atoms with Crippen LogP contribution in [0.15, 0.2) is 0 Å². The van der Waals surface area contributed by atoms with E-state index in [1.807, 2.05) is 0 Å². The minimum absolute atomic E-state index is 0.0696. The predicted octanol–water partition coefficient (Wildman–Crippen LogP) is -1.45. The van der Waals surface area contributed by atoms with Crippen LogP contribution in [0.1, 0.15) is 13.3 Å². The largest absolute Gasteiger partial charge is 0.468 e. The first-order valence-corrected chi connectivity index (χ1v) is 4.22. The van der Waals surface area contributed by atoms with Gasteiger partial charge >= 0.3 is 5.97 Å². The standard InChI is InChI=1S/C8H12N2O4/c1-4(8(13)14-2)9-5-3-6(11)10-7(5)12/h4-5,9H,3H2,1-2H3,(H,10,11,12). The van der Waals surface area contributed by atoms with Crippen molar-refractivity contribution in [2.45, 2.75) is 25.4 Å². The van der Waals surface area contributed by atoms with Gasteiger partial charge in [0.05, 0.1) is 19.6 Å². The number of rotatable bonds is 3. The van der Waals surface area contributed by atoms with Crippen LogP contribution in [-0.4, -0.2) is 37.0 Å². The second kappa shape index (κ2) is 4.19. The molecule has 0 aromatic rings. The molecule has 1 heterocycles. The summed E-state index contributed by atoms with van der Waals surface area (Å²) in [5.41, 5.74) is 0. The highest BCUT2D eigenvalue weighted by Gasteiger charge is 2.32. The number of imide groups is 1. The molecule has 14 heavy (non-hydrogen) atoms. The fraction of sp³-hybridized carbons (Fsp3) is 0.625. The van der Waals surface area contributed by atoms with Gasteiger partial charge in [-0.25, -0.2) is 0 Å².